The number of piperidine rings is 1. The number of hydrogen-bond acceptors (Lipinski definition) is 1. The number of hydrogen-bond donors (Lipinski definition) is 1. The van der Waals surface area contributed by atoms with Gasteiger partial charge in [0.15, 0.2) is 0 Å². The molecule has 0 radical (unpaired) electrons. The molecule has 1 aliphatic rings. The van der Waals surface area contributed by atoms with Gasteiger partial charge in [0.2, 0.25) is 0 Å². The van der Waals surface area contributed by atoms with Gasteiger partial charge in [-0.25, -0.2) is 0 Å². The molecule has 0 aromatic rings. The zero-order chi connectivity index (χ0) is 7.40. The fourth-order valence-electron chi connectivity index (χ4n) is 1.68. The Kier molecular flexibility index (Phi) is 2.94. The minimum Gasteiger partial charge on any atom is -0.314 e. The van der Waals surface area contributed by atoms with E-state index in [4.69, 9.17) is 0 Å². The molecule has 1 heteroatoms. The summed E-state index contributed by atoms with van der Waals surface area (Å²) in [6, 6.07) is 0.721. The van der Waals surface area contributed by atoms with E-state index in [2.05, 4.69) is 18.8 Å². The van der Waals surface area contributed by atoms with Gasteiger partial charge in [0, 0.05) is 6.04 Å². The van der Waals surface area contributed by atoms with Crippen molar-refractivity contribution >= 4 is 0 Å². The van der Waals surface area contributed by atoms with Gasteiger partial charge < -0.3 is 5.32 Å². The highest BCUT2D eigenvalue weighted by atomic mass is 14.9. The van der Waals surface area contributed by atoms with Gasteiger partial charge in [-0.2, -0.15) is 0 Å². The summed E-state index contributed by atoms with van der Waals surface area (Å²) < 4.78 is 0. The van der Waals surface area contributed by atoms with Crippen molar-refractivity contribution in [3.63, 3.8) is 0 Å². The molecule has 1 heterocycles. The standard InChI is InChI=1S/C9H17N/c1-3-4-9-5-6-10-8(2)7-9/h3,8-10H,1,4-7H2,2H3/t8-,9?/m1/s1. The summed E-state index contributed by atoms with van der Waals surface area (Å²) in [6.45, 7) is 7.21. The van der Waals surface area contributed by atoms with Gasteiger partial charge in [0.25, 0.3) is 0 Å². The van der Waals surface area contributed by atoms with Crippen LogP contribution in [0.3, 0.4) is 0 Å². The average molecular weight is 139 g/mol. The molecule has 0 amide bonds. The van der Waals surface area contributed by atoms with E-state index in [1.54, 1.807) is 0 Å². The van der Waals surface area contributed by atoms with Gasteiger partial charge in [-0.05, 0) is 38.6 Å². The van der Waals surface area contributed by atoms with Crippen molar-refractivity contribution < 1.29 is 0 Å². The molecule has 2 atom stereocenters. The van der Waals surface area contributed by atoms with Crippen LogP contribution in [0.25, 0.3) is 0 Å². The van der Waals surface area contributed by atoms with E-state index < -0.39 is 0 Å². The van der Waals surface area contributed by atoms with Crippen molar-refractivity contribution in [1.82, 2.24) is 5.32 Å². The predicted octanol–water partition coefficient (Wildman–Crippen LogP) is 1.95. The summed E-state index contributed by atoms with van der Waals surface area (Å²) in [6.07, 6.45) is 5.90. The lowest BCUT2D eigenvalue weighted by atomic mass is 9.91. The second-order valence-electron chi connectivity index (χ2n) is 3.27. The topological polar surface area (TPSA) is 12.0 Å². The Balaban J connectivity index is 2.24. The molecule has 1 nitrogen and oxygen atoms in total. The molecule has 1 unspecified atom stereocenters. The molecular formula is C9H17N. The summed E-state index contributed by atoms with van der Waals surface area (Å²) in [5, 5.41) is 3.44. The van der Waals surface area contributed by atoms with Crippen LogP contribution in [0.2, 0.25) is 0 Å². The van der Waals surface area contributed by atoms with Gasteiger partial charge in [-0.3, -0.25) is 0 Å². The highest BCUT2D eigenvalue weighted by Gasteiger charge is 2.16. The molecule has 0 aromatic heterocycles. The molecule has 10 heavy (non-hydrogen) atoms. The van der Waals surface area contributed by atoms with Crippen LogP contribution in [0.1, 0.15) is 26.2 Å². The van der Waals surface area contributed by atoms with Crippen LogP contribution in [-0.2, 0) is 0 Å². The summed E-state index contributed by atoms with van der Waals surface area (Å²) in [5.74, 6) is 0.897. The van der Waals surface area contributed by atoms with Gasteiger partial charge in [-0.1, -0.05) is 6.08 Å². The molecule has 58 valence electrons. The van der Waals surface area contributed by atoms with E-state index in [1.807, 2.05) is 6.08 Å². The smallest absolute Gasteiger partial charge is 0.00414 e. The maximum atomic E-state index is 3.76. The Bertz CT molecular complexity index is 109. The van der Waals surface area contributed by atoms with E-state index in [0.717, 1.165) is 12.0 Å². The third-order valence-electron chi connectivity index (χ3n) is 2.23. The molecule has 0 bridgehead atoms. The Morgan fingerprint density at radius 1 is 1.70 bits per heavy atom. The third-order valence-corrected chi connectivity index (χ3v) is 2.23. The first-order valence-corrected chi connectivity index (χ1v) is 4.17. The SMILES string of the molecule is C=CCC1CCN[C@H](C)C1. The van der Waals surface area contributed by atoms with E-state index in [9.17, 15) is 0 Å². The van der Waals surface area contributed by atoms with Crippen molar-refractivity contribution in [1.29, 1.82) is 0 Å². The molecule has 0 spiro atoms. The van der Waals surface area contributed by atoms with Crippen molar-refractivity contribution in [3.05, 3.63) is 12.7 Å². The van der Waals surface area contributed by atoms with Crippen LogP contribution in [0.15, 0.2) is 12.7 Å². The number of rotatable bonds is 2. The van der Waals surface area contributed by atoms with E-state index >= 15 is 0 Å². The Morgan fingerprint density at radius 3 is 3.10 bits per heavy atom. The summed E-state index contributed by atoms with van der Waals surface area (Å²) >= 11 is 0. The fourth-order valence-corrected chi connectivity index (χ4v) is 1.68. The van der Waals surface area contributed by atoms with Gasteiger partial charge in [0.05, 0.1) is 0 Å². The van der Waals surface area contributed by atoms with Crippen LogP contribution < -0.4 is 5.32 Å². The van der Waals surface area contributed by atoms with Crippen molar-refractivity contribution in [3.8, 4) is 0 Å². The third kappa shape index (κ3) is 2.14. The van der Waals surface area contributed by atoms with Gasteiger partial charge in [-0.15, -0.1) is 6.58 Å². The van der Waals surface area contributed by atoms with Crippen molar-refractivity contribution in [2.24, 2.45) is 5.92 Å². The van der Waals surface area contributed by atoms with Crippen LogP contribution >= 0.6 is 0 Å². The maximum Gasteiger partial charge on any atom is 0.00414 e. The zero-order valence-electron chi connectivity index (χ0n) is 6.77. The predicted molar refractivity (Wildman–Crippen MR) is 45.0 cm³/mol. The fraction of sp³-hybridized carbons (Fsp3) is 0.778. The van der Waals surface area contributed by atoms with Gasteiger partial charge in [0.1, 0.15) is 0 Å². The quantitative estimate of drug-likeness (QED) is 0.577. The normalized spacial score (nSPS) is 33.7. The Labute approximate surface area is 63.5 Å². The monoisotopic (exact) mass is 139 g/mol. The first kappa shape index (κ1) is 7.80. The lowest BCUT2D eigenvalue weighted by Gasteiger charge is -2.26. The molecule has 1 rings (SSSR count). The van der Waals surface area contributed by atoms with Gasteiger partial charge >= 0.3 is 0 Å². The largest absolute Gasteiger partial charge is 0.314 e. The molecule has 0 aromatic carbocycles. The van der Waals surface area contributed by atoms with E-state index in [-0.39, 0.29) is 0 Å². The molecule has 0 aliphatic carbocycles. The summed E-state index contributed by atoms with van der Waals surface area (Å²) in [4.78, 5) is 0. The molecule has 1 saturated heterocycles. The number of allylic oxidation sites excluding steroid dienone is 1. The molecule has 0 saturated carbocycles. The molecule has 1 N–H and O–H groups in total. The van der Waals surface area contributed by atoms with Crippen molar-refractivity contribution in [2.45, 2.75) is 32.2 Å². The van der Waals surface area contributed by atoms with Crippen LogP contribution in [0, 0.1) is 5.92 Å². The summed E-state index contributed by atoms with van der Waals surface area (Å²) in [5.41, 5.74) is 0. The minimum absolute atomic E-state index is 0.721. The van der Waals surface area contributed by atoms with Crippen LogP contribution in [0.4, 0.5) is 0 Å². The molecular weight excluding hydrogens is 122 g/mol. The average Bonchev–Trinajstić information content (AvgIpc) is 1.88. The maximum absolute atomic E-state index is 3.76. The van der Waals surface area contributed by atoms with E-state index in [0.29, 0.717) is 0 Å². The lowest BCUT2D eigenvalue weighted by molar-refractivity contribution is 0.317. The molecule has 1 aliphatic heterocycles. The molecule has 1 fully saturated rings. The first-order chi connectivity index (χ1) is 4.83. The van der Waals surface area contributed by atoms with Crippen LogP contribution in [0.5, 0.6) is 0 Å². The van der Waals surface area contributed by atoms with Crippen molar-refractivity contribution in [2.75, 3.05) is 6.54 Å². The van der Waals surface area contributed by atoms with Crippen LogP contribution in [-0.4, -0.2) is 12.6 Å². The highest BCUT2D eigenvalue weighted by molar-refractivity contribution is 4.80. The second-order valence-corrected chi connectivity index (χ2v) is 3.27. The Hall–Kier alpha value is -0.300. The number of nitrogens with one attached hydrogen (secondary N) is 1. The zero-order valence-corrected chi connectivity index (χ0v) is 6.77. The Morgan fingerprint density at radius 2 is 2.50 bits per heavy atom. The lowest BCUT2D eigenvalue weighted by Crippen LogP contribution is -2.35. The second kappa shape index (κ2) is 3.77. The minimum atomic E-state index is 0.721. The first-order valence-electron chi connectivity index (χ1n) is 4.17. The highest BCUT2D eigenvalue weighted by Crippen LogP contribution is 2.19. The van der Waals surface area contributed by atoms with E-state index in [1.165, 1.54) is 25.8 Å². The summed E-state index contributed by atoms with van der Waals surface area (Å²) in [7, 11) is 0.